The fourth-order valence-electron chi connectivity index (χ4n) is 1.28. The van der Waals surface area contributed by atoms with Crippen LogP contribution in [0.15, 0.2) is 6.20 Å². The number of carbonyl (C=O) groups is 1. The first-order chi connectivity index (χ1) is 6.22. The Kier molecular flexibility index (Phi) is 1.77. The highest BCUT2D eigenvalue weighted by molar-refractivity contribution is 6.28. The van der Waals surface area contributed by atoms with Crippen molar-refractivity contribution in [1.29, 1.82) is 0 Å². The molecule has 2 aromatic heterocycles. The Hall–Kier alpha value is -1.42. The van der Waals surface area contributed by atoms with Crippen molar-refractivity contribution in [2.75, 3.05) is 0 Å². The van der Waals surface area contributed by atoms with Crippen LogP contribution in [0.3, 0.4) is 0 Å². The summed E-state index contributed by atoms with van der Waals surface area (Å²) in [6.45, 7) is 1.88. The molecule has 0 aliphatic heterocycles. The maximum atomic E-state index is 10.7. The number of aldehydes is 1. The van der Waals surface area contributed by atoms with Crippen LogP contribution in [0, 0.1) is 6.92 Å². The first kappa shape index (κ1) is 8.19. The van der Waals surface area contributed by atoms with Crippen LogP contribution in [0.1, 0.15) is 16.1 Å². The van der Waals surface area contributed by atoms with Crippen LogP contribution < -0.4 is 0 Å². The Morgan fingerprint density at radius 2 is 2.31 bits per heavy atom. The third kappa shape index (κ3) is 1.19. The largest absolute Gasteiger partial charge is 0.346 e. The highest BCUT2D eigenvalue weighted by Gasteiger charge is 2.09. The number of fused-ring (bicyclic) bond motifs is 1. The molecular formula is C8H6ClN3O. The first-order valence-corrected chi connectivity index (χ1v) is 4.06. The quantitative estimate of drug-likeness (QED) is 0.557. The van der Waals surface area contributed by atoms with Crippen molar-refractivity contribution in [1.82, 2.24) is 15.0 Å². The molecule has 2 aromatic rings. The van der Waals surface area contributed by atoms with Gasteiger partial charge in [0.1, 0.15) is 11.3 Å². The van der Waals surface area contributed by atoms with Gasteiger partial charge in [-0.25, -0.2) is 4.98 Å². The first-order valence-electron chi connectivity index (χ1n) is 3.69. The zero-order chi connectivity index (χ0) is 9.42. The van der Waals surface area contributed by atoms with Gasteiger partial charge in [-0.1, -0.05) is 0 Å². The zero-order valence-corrected chi connectivity index (χ0v) is 7.59. The average molecular weight is 196 g/mol. The lowest BCUT2D eigenvalue weighted by Gasteiger charge is -1.95. The summed E-state index contributed by atoms with van der Waals surface area (Å²) in [5, 5.41) is 0.816. The monoisotopic (exact) mass is 195 g/mol. The standard InChI is InChI=1S/C8H6ClN3O/c1-4-2-10-7-6(4)5(3-13)11-8(9)12-7/h2-3H,1H3,(H,10,11,12). The lowest BCUT2D eigenvalue weighted by molar-refractivity contribution is 0.112. The molecule has 5 heteroatoms. The number of hydrogen-bond donors (Lipinski definition) is 1. The van der Waals surface area contributed by atoms with Gasteiger partial charge >= 0.3 is 0 Å². The van der Waals surface area contributed by atoms with E-state index in [0.29, 0.717) is 17.6 Å². The minimum atomic E-state index is 0.0800. The second-order valence-electron chi connectivity index (χ2n) is 2.69. The highest BCUT2D eigenvalue weighted by atomic mass is 35.5. The molecule has 66 valence electrons. The number of aryl methyl sites for hydroxylation is 1. The molecule has 0 spiro atoms. The molecule has 0 radical (unpaired) electrons. The van der Waals surface area contributed by atoms with E-state index >= 15 is 0 Å². The molecule has 0 saturated carbocycles. The van der Waals surface area contributed by atoms with Crippen LogP contribution in [-0.2, 0) is 0 Å². The molecule has 0 unspecified atom stereocenters. The Bertz CT molecular complexity index is 477. The summed E-state index contributed by atoms with van der Waals surface area (Å²) in [4.78, 5) is 21.3. The summed E-state index contributed by atoms with van der Waals surface area (Å²) in [6.07, 6.45) is 2.44. The third-order valence-corrected chi connectivity index (χ3v) is 2.01. The second kappa shape index (κ2) is 2.81. The van der Waals surface area contributed by atoms with Crippen LogP contribution in [0.5, 0.6) is 0 Å². The lowest BCUT2D eigenvalue weighted by atomic mass is 10.2. The second-order valence-corrected chi connectivity index (χ2v) is 3.03. The summed E-state index contributed by atoms with van der Waals surface area (Å²) in [5.74, 6) is 0. The van der Waals surface area contributed by atoms with Crippen LogP contribution in [0.2, 0.25) is 5.28 Å². The van der Waals surface area contributed by atoms with Crippen molar-refractivity contribution >= 4 is 28.9 Å². The highest BCUT2D eigenvalue weighted by Crippen LogP contribution is 2.19. The molecular weight excluding hydrogens is 190 g/mol. The van der Waals surface area contributed by atoms with Gasteiger partial charge in [0.05, 0.1) is 5.39 Å². The fourth-order valence-corrected chi connectivity index (χ4v) is 1.45. The molecule has 1 N–H and O–H groups in total. The van der Waals surface area contributed by atoms with Crippen molar-refractivity contribution in [2.24, 2.45) is 0 Å². The van der Waals surface area contributed by atoms with Crippen molar-refractivity contribution in [3.05, 3.63) is 22.7 Å². The van der Waals surface area contributed by atoms with Crippen LogP contribution >= 0.6 is 11.6 Å². The van der Waals surface area contributed by atoms with Crippen molar-refractivity contribution in [2.45, 2.75) is 6.92 Å². The predicted octanol–water partition coefficient (Wildman–Crippen LogP) is 1.73. The van der Waals surface area contributed by atoms with Crippen LogP contribution in [0.25, 0.3) is 11.0 Å². The number of aromatic nitrogens is 3. The molecule has 0 atom stereocenters. The lowest BCUT2D eigenvalue weighted by Crippen LogP contribution is -1.92. The van der Waals surface area contributed by atoms with Gasteiger partial charge in [-0.3, -0.25) is 4.79 Å². The van der Waals surface area contributed by atoms with Gasteiger partial charge in [0.15, 0.2) is 6.29 Å². The average Bonchev–Trinajstić information content (AvgIpc) is 2.46. The van der Waals surface area contributed by atoms with Gasteiger partial charge in [-0.05, 0) is 24.1 Å². The molecule has 4 nitrogen and oxygen atoms in total. The van der Waals surface area contributed by atoms with E-state index in [0.717, 1.165) is 10.9 Å². The summed E-state index contributed by atoms with van der Waals surface area (Å²) < 4.78 is 0. The Balaban J connectivity index is 2.92. The molecule has 0 aliphatic rings. The molecule has 0 bridgehead atoms. The van der Waals surface area contributed by atoms with E-state index in [2.05, 4.69) is 15.0 Å². The molecule has 0 amide bonds. The number of aromatic amines is 1. The van der Waals surface area contributed by atoms with E-state index in [1.54, 1.807) is 6.20 Å². The van der Waals surface area contributed by atoms with Gasteiger partial charge in [-0.15, -0.1) is 0 Å². The Morgan fingerprint density at radius 1 is 1.54 bits per heavy atom. The molecule has 2 rings (SSSR count). The minimum absolute atomic E-state index is 0.0800. The van der Waals surface area contributed by atoms with E-state index in [1.165, 1.54) is 0 Å². The number of hydrogen-bond acceptors (Lipinski definition) is 3. The molecule has 0 fully saturated rings. The van der Waals surface area contributed by atoms with Crippen molar-refractivity contribution in [3.8, 4) is 0 Å². The minimum Gasteiger partial charge on any atom is -0.346 e. The van der Waals surface area contributed by atoms with Crippen LogP contribution in [-0.4, -0.2) is 21.2 Å². The van der Waals surface area contributed by atoms with Gasteiger partial charge in [0.25, 0.3) is 0 Å². The molecule has 0 aromatic carbocycles. The van der Waals surface area contributed by atoms with E-state index < -0.39 is 0 Å². The van der Waals surface area contributed by atoms with Crippen molar-refractivity contribution < 1.29 is 4.79 Å². The van der Waals surface area contributed by atoms with E-state index in [-0.39, 0.29) is 5.28 Å². The Morgan fingerprint density at radius 3 is 3.00 bits per heavy atom. The SMILES string of the molecule is Cc1c[nH]c2nc(Cl)nc(C=O)c12. The number of nitrogens with zero attached hydrogens (tertiary/aromatic N) is 2. The van der Waals surface area contributed by atoms with Gasteiger partial charge in [0.2, 0.25) is 5.28 Å². The normalized spacial score (nSPS) is 10.6. The predicted molar refractivity (Wildman–Crippen MR) is 49.0 cm³/mol. The number of carbonyl (C=O) groups excluding carboxylic acids is 1. The third-order valence-electron chi connectivity index (χ3n) is 1.84. The van der Waals surface area contributed by atoms with Gasteiger partial charge < -0.3 is 4.98 Å². The maximum absolute atomic E-state index is 10.7. The van der Waals surface area contributed by atoms with E-state index in [1.807, 2.05) is 6.92 Å². The smallest absolute Gasteiger partial charge is 0.225 e. The maximum Gasteiger partial charge on any atom is 0.225 e. The molecule has 0 saturated heterocycles. The summed E-state index contributed by atoms with van der Waals surface area (Å²) in [5.41, 5.74) is 1.86. The van der Waals surface area contributed by atoms with Gasteiger partial charge in [-0.2, -0.15) is 4.98 Å². The topological polar surface area (TPSA) is 58.6 Å². The molecule has 2 heterocycles. The van der Waals surface area contributed by atoms with E-state index in [4.69, 9.17) is 11.6 Å². The van der Waals surface area contributed by atoms with Crippen molar-refractivity contribution in [3.63, 3.8) is 0 Å². The number of halogens is 1. The number of H-pyrrole nitrogens is 1. The number of nitrogens with one attached hydrogen (secondary N) is 1. The van der Waals surface area contributed by atoms with Gasteiger partial charge in [0, 0.05) is 6.20 Å². The zero-order valence-electron chi connectivity index (χ0n) is 6.84. The summed E-state index contributed by atoms with van der Waals surface area (Å²) >= 11 is 5.61. The Labute approximate surface area is 79.0 Å². The summed E-state index contributed by atoms with van der Waals surface area (Å²) in [6, 6.07) is 0. The summed E-state index contributed by atoms with van der Waals surface area (Å²) in [7, 11) is 0. The fraction of sp³-hybridized carbons (Fsp3) is 0.125. The molecule has 0 aliphatic carbocycles. The molecule has 13 heavy (non-hydrogen) atoms. The van der Waals surface area contributed by atoms with Crippen LogP contribution in [0.4, 0.5) is 0 Å². The number of rotatable bonds is 1. The van der Waals surface area contributed by atoms with E-state index in [9.17, 15) is 4.79 Å².